The van der Waals surface area contributed by atoms with Gasteiger partial charge in [-0.2, -0.15) is 0 Å². The van der Waals surface area contributed by atoms with Crippen LogP contribution in [0.25, 0.3) is 0 Å². The zero-order valence-corrected chi connectivity index (χ0v) is 12.4. The molecule has 0 saturated heterocycles. The second-order valence-corrected chi connectivity index (χ2v) is 6.45. The smallest absolute Gasteiger partial charge is 0.243 e. The Morgan fingerprint density at radius 1 is 1.00 bits per heavy atom. The van der Waals surface area contributed by atoms with Gasteiger partial charge in [-0.1, -0.05) is 36.4 Å². The van der Waals surface area contributed by atoms with E-state index in [0.29, 0.717) is 5.56 Å². The third kappa shape index (κ3) is 3.00. The minimum atomic E-state index is -3.61. The van der Waals surface area contributed by atoms with Crippen LogP contribution in [0.4, 0.5) is 5.69 Å². The van der Waals surface area contributed by atoms with Crippen LogP contribution in [0.5, 0.6) is 0 Å². The maximum Gasteiger partial charge on any atom is 0.243 e. The first-order valence-electron chi connectivity index (χ1n) is 6.31. The summed E-state index contributed by atoms with van der Waals surface area (Å²) >= 11 is 0. The minimum Gasteiger partial charge on any atom is -0.398 e. The number of aryl methyl sites for hydroxylation is 2. The number of hydrogen-bond acceptors (Lipinski definition) is 3. The largest absolute Gasteiger partial charge is 0.398 e. The minimum absolute atomic E-state index is 0.161. The number of anilines is 1. The normalized spacial score (nSPS) is 11.5. The third-order valence-electron chi connectivity index (χ3n) is 3.22. The van der Waals surface area contributed by atoms with Gasteiger partial charge in [0.05, 0.1) is 5.69 Å². The van der Waals surface area contributed by atoms with Gasteiger partial charge >= 0.3 is 0 Å². The summed E-state index contributed by atoms with van der Waals surface area (Å²) in [6.45, 7) is 3.94. The number of rotatable bonds is 4. The molecule has 0 aliphatic rings. The highest BCUT2D eigenvalue weighted by Crippen LogP contribution is 2.22. The Kier molecular flexibility index (Phi) is 4.11. The molecule has 0 atom stereocenters. The van der Waals surface area contributed by atoms with Gasteiger partial charge in [-0.15, -0.1) is 0 Å². The third-order valence-corrected chi connectivity index (χ3v) is 4.84. The highest BCUT2D eigenvalue weighted by molar-refractivity contribution is 7.89. The molecule has 0 unspecified atom stereocenters. The molecule has 106 valence electrons. The molecular weight excluding hydrogens is 272 g/mol. The van der Waals surface area contributed by atoms with Crippen LogP contribution in [-0.4, -0.2) is 8.42 Å². The quantitative estimate of drug-likeness (QED) is 0.849. The molecule has 0 fully saturated rings. The molecule has 0 aromatic heterocycles. The number of hydrogen-bond donors (Lipinski definition) is 2. The van der Waals surface area contributed by atoms with Crippen molar-refractivity contribution >= 4 is 15.7 Å². The van der Waals surface area contributed by atoms with Gasteiger partial charge in [0, 0.05) is 6.54 Å². The second-order valence-electron chi connectivity index (χ2n) is 4.74. The Balaban J connectivity index is 2.27. The lowest BCUT2D eigenvalue weighted by Crippen LogP contribution is -2.25. The second kappa shape index (κ2) is 5.64. The van der Waals surface area contributed by atoms with Crippen molar-refractivity contribution in [2.45, 2.75) is 25.3 Å². The number of nitrogens with one attached hydrogen (secondary N) is 1. The van der Waals surface area contributed by atoms with Gasteiger partial charge in [-0.3, -0.25) is 0 Å². The summed E-state index contributed by atoms with van der Waals surface area (Å²) in [5.74, 6) is 0. The average molecular weight is 290 g/mol. The van der Waals surface area contributed by atoms with Crippen LogP contribution in [-0.2, 0) is 16.6 Å². The molecular formula is C15H18N2O2S. The summed E-state index contributed by atoms with van der Waals surface area (Å²) in [6.07, 6.45) is 0. The van der Waals surface area contributed by atoms with Gasteiger partial charge in [0.1, 0.15) is 4.90 Å². The lowest BCUT2D eigenvalue weighted by Gasteiger charge is -2.12. The van der Waals surface area contributed by atoms with Gasteiger partial charge in [-0.05, 0) is 36.6 Å². The van der Waals surface area contributed by atoms with Crippen molar-refractivity contribution in [3.8, 4) is 0 Å². The summed E-state index contributed by atoms with van der Waals surface area (Å²) in [5.41, 5.74) is 8.69. The molecule has 2 aromatic rings. The summed E-state index contributed by atoms with van der Waals surface area (Å²) in [4.78, 5) is 0.161. The molecule has 2 aromatic carbocycles. The summed E-state index contributed by atoms with van der Waals surface area (Å²) in [6, 6.07) is 12.7. The van der Waals surface area contributed by atoms with Crippen LogP contribution in [0.2, 0.25) is 0 Å². The summed E-state index contributed by atoms with van der Waals surface area (Å²) in [7, 11) is -3.61. The Hall–Kier alpha value is -1.85. The van der Waals surface area contributed by atoms with Crippen molar-refractivity contribution in [1.29, 1.82) is 0 Å². The zero-order chi connectivity index (χ0) is 14.8. The van der Waals surface area contributed by atoms with Crippen LogP contribution in [0, 0.1) is 13.8 Å². The Labute approximate surface area is 119 Å². The first-order valence-corrected chi connectivity index (χ1v) is 7.79. The predicted molar refractivity (Wildman–Crippen MR) is 80.8 cm³/mol. The van der Waals surface area contributed by atoms with Crippen LogP contribution in [0.15, 0.2) is 47.4 Å². The monoisotopic (exact) mass is 290 g/mol. The molecule has 0 saturated carbocycles. The molecule has 0 radical (unpaired) electrons. The van der Waals surface area contributed by atoms with Crippen molar-refractivity contribution in [2.24, 2.45) is 0 Å². The summed E-state index contributed by atoms with van der Waals surface area (Å²) in [5, 5.41) is 0. The molecule has 5 heteroatoms. The van der Waals surface area contributed by atoms with Crippen LogP contribution >= 0.6 is 0 Å². The van der Waals surface area contributed by atoms with Gasteiger partial charge in [-0.25, -0.2) is 13.1 Å². The molecule has 0 heterocycles. The molecule has 0 bridgehead atoms. The Bertz CT molecular complexity index is 704. The van der Waals surface area contributed by atoms with Crippen molar-refractivity contribution < 1.29 is 8.42 Å². The van der Waals surface area contributed by atoms with E-state index < -0.39 is 10.0 Å². The number of nitrogen functional groups attached to an aromatic ring is 1. The van der Waals surface area contributed by atoms with E-state index in [0.717, 1.165) is 11.1 Å². The highest BCUT2D eigenvalue weighted by Gasteiger charge is 2.19. The van der Waals surface area contributed by atoms with Crippen molar-refractivity contribution in [1.82, 2.24) is 4.72 Å². The lowest BCUT2D eigenvalue weighted by molar-refractivity contribution is 0.581. The van der Waals surface area contributed by atoms with Gasteiger partial charge in [0.25, 0.3) is 0 Å². The van der Waals surface area contributed by atoms with E-state index in [1.54, 1.807) is 25.1 Å². The van der Waals surface area contributed by atoms with Gasteiger partial charge in [0.2, 0.25) is 10.0 Å². The van der Waals surface area contributed by atoms with E-state index in [9.17, 15) is 8.42 Å². The van der Waals surface area contributed by atoms with E-state index in [-0.39, 0.29) is 17.1 Å². The molecule has 0 aliphatic carbocycles. The Morgan fingerprint density at radius 2 is 1.65 bits per heavy atom. The fourth-order valence-corrected chi connectivity index (χ4v) is 3.46. The molecule has 2 rings (SSSR count). The first-order chi connectivity index (χ1) is 9.42. The molecule has 3 N–H and O–H groups in total. The number of benzene rings is 2. The highest BCUT2D eigenvalue weighted by atomic mass is 32.2. The Morgan fingerprint density at radius 3 is 2.30 bits per heavy atom. The molecule has 20 heavy (non-hydrogen) atoms. The topological polar surface area (TPSA) is 72.2 Å². The van der Waals surface area contributed by atoms with Gasteiger partial charge in [0.15, 0.2) is 0 Å². The fraction of sp³-hybridized carbons (Fsp3) is 0.200. The van der Waals surface area contributed by atoms with Crippen molar-refractivity contribution in [3.05, 3.63) is 59.2 Å². The molecule has 0 amide bonds. The SMILES string of the molecule is Cc1ccccc1CNS(=O)(=O)c1c(C)cccc1N. The van der Waals surface area contributed by atoms with Crippen LogP contribution in [0.1, 0.15) is 16.7 Å². The fourth-order valence-electron chi connectivity index (χ4n) is 2.10. The number of nitrogens with two attached hydrogens (primary N) is 1. The summed E-state index contributed by atoms with van der Waals surface area (Å²) < 4.78 is 27.3. The van der Waals surface area contributed by atoms with Gasteiger partial charge < -0.3 is 5.73 Å². The molecule has 0 spiro atoms. The van der Waals surface area contributed by atoms with Crippen molar-refractivity contribution in [3.63, 3.8) is 0 Å². The maximum absolute atomic E-state index is 12.4. The maximum atomic E-state index is 12.4. The van der Waals surface area contributed by atoms with E-state index in [1.807, 2.05) is 31.2 Å². The lowest BCUT2D eigenvalue weighted by atomic mass is 10.1. The van der Waals surface area contributed by atoms with E-state index in [2.05, 4.69) is 4.72 Å². The average Bonchev–Trinajstić information content (AvgIpc) is 2.37. The predicted octanol–water partition coefficient (Wildman–Crippen LogP) is 2.36. The van der Waals surface area contributed by atoms with E-state index in [4.69, 9.17) is 5.73 Å². The first kappa shape index (κ1) is 14.6. The van der Waals surface area contributed by atoms with E-state index >= 15 is 0 Å². The van der Waals surface area contributed by atoms with Crippen LogP contribution < -0.4 is 10.5 Å². The number of sulfonamides is 1. The van der Waals surface area contributed by atoms with E-state index in [1.165, 1.54) is 0 Å². The molecule has 4 nitrogen and oxygen atoms in total. The zero-order valence-electron chi connectivity index (χ0n) is 11.6. The standard InChI is InChI=1S/C15H18N2O2S/c1-11-6-3-4-8-13(11)10-17-20(18,19)15-12(2)7-5-9-14(15)16/h3-9,17H,10,16H2,1-2H3. The van der Waals surface area contributed by atoms with Crippen molar-refractivity contribution in [2.75, 3.05) is 5.73 Å². The van der Waals surface area contributed by atoms with Crippen LogP contribution in [0.3, 0.4) is 0 Å². The molecule has 0 aliphatic heterocycles.